The van der Waals surface area contributed by atoms with Gasteiger partial charge >= 0.3 is 0 Å². The van der Waals surface area contributed by atoms with Gasteiger partial charge in [-0.15, -0.1) is 22.7 Å². The Morgan fingerprint density at radius 3 is 2.43 bits per heavy atom. The van der Waals surface area contributed by atoms with Gasteiger partial charge in [0.05, 0.1) is 10.6 Å². The van der Waals surface area contributed by atoms with E-state index in [-0.39, 0.29) is 5.91 Å². The summed E-state index contributed by atoms with van der Waals surface area (Å²) in [7, 11) is 0. The van der Waals surface area contributed by atoms with Crippen LogP contribution in [-0.2, 0) is 0 Å². The van der Waals surface area contributed by atoms with Crippen molar-refractivity contribution in [1.29, 1.82) is 0 Å². The lowest BCUT2D eigenvalue weighted by molar-refractivity contribution is 0.102. The summed E-state index contributed by atoms with van der Waals surface area (Å²) in [4.78, 5) is 19.0. The summed E-state index contributed by atoms with van der Waals surface area (Å²) in [6.45, 7) is 7.99. The van der Waals surface area contributed by atoms with E-state index in [1.54, 1.807) is 11.3 Å². The van der Waals surface area contributed by atoms with Crippen molar-refractivity contribution in [2.75, 3.05) is 5.32 Å². The summed E-state index contributed by atoms with van der Waals surface area (Å²) in [6.07, 6.45) is 0. The Balaban J connectivity index is 1.90. The van der Waals surface area contributed by atoms with Crippen LogP contribution in [-0.4, -0.2) is 10.9 Å². The van der Waals surface area contributed by atoms with Crippen LogP contribution in [0.1, 0.15) is 32.1 Å². The average molecular weight is 342 g/mol. The van der Waals surface area contributed by atoms with E-state index >= 15 is 0 Å². The van der Waals surface area contributed by atoms with Crippen molar-refractivity contribution in [3.8, 4) is 9.88 Å². The third-order valence-corrected chi connectivity index (χ3v) is 5.85. The van der Waals surface area contributed by atoms with E-state index in [1.807, 2.05) is 38.3 Å². The molecule has 0 atom stereocenters. The highest BCUT2D eigenvalue weighted by molar-refractivity contribution is 7.22. The molecule has 1 amide bonds. The van der Waals surface area contributed by atoms with Gasteiger partial charge in [-0.3, -0.25) is 4.79 Å². The van der Waals surface area contributed by atoms with Crippen molar-refractivity contribution < 1.29 is 4.79 Å². The van der Waals surface area contributed by atoms with E-state index in [1.165, 1.54) is 16.9 Å². The van der Waals surface area contributed by atoms with Crippen LogP contribution in [0.5, 0.6) is 0 Å². The lowest BCUT2D eigenvalue weighted by Crippen LogP contribution is -2.13. The van der Waals surface area contributed by atoms with Crippen molar-refractivity contribution in [2.24, 2.45) is 0 Å². The number of nitrogens with one attached hydrogen (secondary N) is 1. The zero-order chi connectivity index (χ0) is 16.6. The second kappa shape index (κ2) is 6.26. The number of aromatic nitrogens is 1. The smallest absolute Gasteiger partial charge is 0.267 e. The van der Waals surface area contributed by atoms with Crippen LogP contribution >= 0.6 is 22.7 Å². The van der Waals surface area contributed by atoms with E-state index in [0.717, 1.165) is 32.4 Å². The quantitative estimate of drug-likeness (QED) is 0.696. The number of thiophene rings is 1. The van der Waals surface area contributed by atoms with E-state index in [2.05, 4.69) is 29.4 Å². The maximum Gasteiger partial charge on any atom is 0.267 e. The molecule has 3 nitrogen and oxygen atoms in total. The largest absolute Gasteiger partial charge is 0.321 e. The van der Waals surface area contributed by atoms with E-state index in [0.29, 0.717) is 4.88 Å². The second-order valence-corrected chi connectivity index (χ2v) is 7.59. The standard InChI is InChI=1S/C18H18N2OS2/c1-10-8-11(2)15(12(3)9-10)20-17(21)16-13(4)19-18(23-16)14-6-5-7-22-14/h5-9H,1-4H3,(H,20,21). The Hall–Kier alpha value is -1.98. The fourth-order valence-corrected chi connectivity index (χ4v) is 4.42. The van der Waals surface area contributed by atoms with Crippen molar-refractivity contribution in [3.63, 3.8) is 0 Å². The molecule has 3 aromatic rings. The molecule has 118 valence electrons. The number of hydrogen-bond donors (Lipinski definition) is 1. The van der Waals surface area contributed by atoms with Gasteiger partial charge in [0.2, 0.25) is 0 Å². The molecule has 5 heteroatoms. The minimum Gasteiger partial charge on any atom is -0.321 e. The van der Waals surface area contributed by atoms with Crippen LogP contribution in [0.15, 0.2) is 29.6 Å². The van der Waals surface area contributed by atoms with Gasteiger partial charge in [-0.25, -0.2) is 4.98 Å². The molecule has 0 aliphatic rings. The molecule has 3 rings (SSSR count). The molecule has 0 saturated carbocycles. The minimum absolute atomic E-state index is 0.0853. The SMILES string of the molecule is Cc1cc(C)c(NC(=O)c2sc(-c3cccs3)nc2C)c(C)c1. The van der Waals surface area contributed by atoms with Gasteiger partial charge in [-0.2, -0.15) is 0 Å². The molecular weight excluding hydrogens is 324 g/mol. The van der Waals surface area contributed by atoms with Crippen molar-refractivity contribution in [2.45, 2.75) is 27.7 Å². The van der Waals surface area contributed by atoms with Gasteiger partial charge in [0.25, 0.3) is 5.91 Å². The normalized spacial score (nSPS) is 10.8. The second-order valence-electron chi connectivity index (χ2n) is 5.64. The molecule has 0 radical (unpaired) electrons. The first-order valence-electron chi connectivity index (χ1n) is 7.36. The zero-order valence-electron chi connectivity index (χ0n) is 13.6. The number of rotatable bonds is 3. The number of amides is 1. The van der Waals surface area contributed by atoms with Gasteiger partial charge < -0.3 is 5.32 Å². The Kier molecular flexibility index (Phi) is 4.33. The van der Waals surface area contributed by atoms with Crippen LogP contribution in [0.4, 0.5) is 5.69 Å². The van der Waals surface area contributed by atoms with Crippen LogP contribution in [0, 0.1) is 27.7 Å². The lowest BCUT2D eigenvalue weighted by Gasteiger charge is -2.12. The molecule has 2 heterocycles. The predicted molar refractivity (Wildman–Crippen MR) is 98.8 cm³/mol. The third-order valence-electron chi connectivity index (χ3n) is 3.65. The summed E-state index contributed by atoms with van der Waals surface area (Å²) in [5.41, 5.74) is 5.03. The molecular formula is C18H18N2OS2. The molecule has 1 N–H and O–H groups in total. The van der Waals surface area contributed by atoms with E-state index in [9.17, 15) is 4.79 Å². The van der Waals surface area contributed by atoms with Crippen molar-refractivity contribution in [3.05, 3.63) is 56.9 Å². The molecule has 23 heavy (non-hydrogen) atoms. The Labute approximate surface area is 144 Å². The number of carbonyl (C=O) groups is 1. The van der Waals surface area contributed by atoms with Crippen LogP contribution in [0.25, 0.3) is 9.88 Å². The molecule has 0 fully saturated rings. The summed E-state index contributed by atoms with van der Waals surface area (Å²) in [6, 6.07) is 8.19. The van der Waals surface area contributed by atoms with Gasteiger partial charge in [0.15, 0.2) is 0 Å². The minimum atomic E-state index is -0.0853. The van der Waals surface area contributed by atoms with Gasteiger partial charge in [0, 0.05) is 5.69 Å². The number of hydrogen-bond acceptors (Lipinski definition) is 4. The fraction of sp³-hybridized carbons (Fsp3) is 0.222. The summed E-state index contributed by atoms with van der Waals surface area (Å²) in [5.74, 6) is -0.0853. The molecule has 1 aromatic carbocycles. The Bertz CT molecular complexity index is 840. The van der Waals surface area contributed by atoms with Gasteiger partial charge in [0.1, 0.15) is 9.88 Å². The zero-order valence-corrected chi connectivity index (χ0v) is 15.2. The average Bonchev–Trinajstić information content (AvgIpc) is 3.11. The highest BCUT2D eigenvalue weighted by Gasteiger charge is 2.18. The molecule has 0 saturated heterocycles. The number of thiazole rings is 1. The van der Waals surface area contributed by atoms with Gasteiger partial charge in [-0.1, -0.05) is 23.8 Å². The monoisotopic (exact) mass is 342 g/mol. The summed E-state index contributed by atoms with van der Waals surface area (Å²) in [5, 5.41) is 5.98. The molecule has 0 bridgehead atoms. The first-order valence-corrected chi connectivity index (χ1v) is 9.06. The molecule has 0 unspecified atom stereocenters. The molecule has 2 aromatic heterocycles. The Morgan fingerprint density at radius 2 is 1.83 bits per heavy atom. The number of carbonyl (C=O) groups excluding carboxylic acids is 1. The molecule has 0 aliphatic heterocycles. The number of aryl methyl sites for hydroxylation is 4. The first kappa shape index (κ1) is 15.9. The first-order chi connectivity index (χ1) is 11.0. The predicted octanol–water partition coefficient (Wildman–Crippen LogP) is 5.36. The van der Waals surface area contributed by atoms with Crippen LogP contribution in [0.2, 0.25) is 0 Å². The highest BCUT2D eigenvalue weighted by Crippen LogP contribution is 2.32. The number of benzene rings is 1. The summed E-state index contributed by atoms with van der Waals surface area (Å²) >= 11 is 3.08. The Morgan fingerprint density at radius 1 is 1.13 bits per heavy atom. The topological polar surface area (TPSA) is 42.0 Å². The number of nitrogens with zero attached hydrogens (tertiary/aromatic N) is 1. The van der Waals surface area contributed by atoms with Crippen molar-refractivity contribution in [1.82, 2.24) is 4.98 Å². The maximum atomic E-state index is 12.7. The van der Waals surface area contributed by atoms with Gasteiger partial charge in [-0.05, 0) is 50.3 Å². The lowest BCUT2D eigenvalue weighted by atomic mass is 10.1. The fourth-order valence-electron chi connectivity index (χ4n) is 2.66. The third kappa shape index (κ3) is 3.21. The number of anilines is 1. The summed E-state index contributed by atoms with van der Waals surface area (Å²) < 4.78 is 0. The van der Waals surface area contributed by atoms with E-state index in [4.69, 9.17) is 0 Å². The molecule has 0 spiro atoms. The molecule has 0 aliphatic carbocycles. The van der Waals surface area contributed by atoms with Crippen molar-refractivity contribution >= 4 is 34.3 Å². The highest BCUT2D eigenvalue weighted by atomic mass is 32.1. The van der Waals surface area contributed by atoms with Crippen LogP contribution < -0.4 is 5.32 Å². The van der Waals surface area contributed by atoms with Crippen LogP contribution in [0.3, 0.4) is 0 Å². The maximum absolute atomic E-state index is 12.7. The van der Waals surface area contributed by atoms with E-state index < -0.39 is 0 Å².